The van der Waals surface area contributed by atoms with Gasteiger partial charge in [0.2, 0.25) is 23.6 Å². The standard InChI is InChI=1S/C22H39N5O8/c1-5-12(4)18(22(34)35)27-21(33)15(10-11(2)3)26-20(32)14(7-9-17(29)30)25-19(31)13(23)6-8-16(24)28/h11-15,18H,5-10,23H2,1-4H3,(H2,24,28)(H,25,31)(H,26,32)(H,27,33)(H,29,30)(H,34,35). The van der Waals surface area contributed by atoms with Crippen molar-refractivity contribution >= 4 is 35.6 Å². The van der Waals surface area contributed by atoms with Crippen molar-refractivity contribution in [1.29, 1.82) is 0 Å². The van der Waals surface area contributed by atoms with E-state index in [4.69, 9.17) is 16.6 Å². The van der Waals surface area contributed by atoms with Crippen LogP contribution in [-0.2, 0) is 28.8 Å². The molecule has 0 spiro atoms. The largest absolute Gasteiger partial charge is 0.481 e. The van der Waals surface area contributed by atoms with Crippen LogP contribution in [0.3, 0.4) is 0 Å². The molecule has 13 heteroatoms. The smallest absolute Gasteiger partial charge is 0.326 e. The van der Waals surface area contributed by atoms with Crippen LogP contribution in [0.4, 0.5) is 0 Å². The van der Waals surface area contributed by atoms with E-state index in [1.54, 1.807) is 27.7 Å². The Morgan fingerprint density at radius 3 is 1.80 bits per heavy atom. The van der Waals surface area contributed by atoms with Crippen LogP contribution in [0.2, 0.25) is 0 Å². The van der Waals surface area contributed by atoms with Gasteiger partial charge in [-0.3, -0.25) is 24.0 Å². The van der Waals surface area contributed by atoms with Crippen molar-refractivity contribution in [2.24, 2.45) is 23.3 Å². The van der Waals surface area contributed by atoms with Crippen LogP contribution in [0.25, 0.3) is 0 Å². The minimum atomic E-state index is -1.33. The summed E-state index contributed by atoms with van der Waals surface area (Å²) >= 11 is 0. The normalized spacial score (nSPS) is 15.3. The van der Waals surface area contributed by atoms with Crippen molar-refractivity contribution in [1.82, 2.24) is 16.0 Å². The third kappa shape index (κ3) is 12.7. The summed E-state index contributed by atoms with van der Waals surface area (Å²) in [5.41, 5.74) is 10.8. The van der Waals surface area contributed by atoms with Gasteiger partial charge in [-0.1, -0.05) is 34.1 Å². The van der Waals surface area contributed by atoms with E-state index in [9.17, 15) is 33.9 Å². The number of carbonyl (C=O) groups excluding carboxylic acids is 4. The Bertz CT molecular complexity index is 773. The zero-order chi connectivity index (χ0) is 27.3. The van der Waals surface area contributed by atoms with Crippen LogP contribution < -0.4 is 27.4 Å². The summed E-state index contributed by atoms with van der Waals surface area (Å²) in [5, 5.41) is 25.8. The molecule has 0 bridgehead atoms. The predicted octanol–water partition coefficient (Wildman–Crippen LogP) is -0.925. The highest BCUT2D eigenvalue weighted by atomic mass is 16.4. The van der Waals surface area contributed by atoms with Crippen molar-refractivity contribution in [3.63, 3.8) is 0 Å². The van der Waals surface area contributed by atoms with Gasteiger partial charge in [0.05, 0.1) is 6.04 Å². The Hall–Kier alpha value is -3.22. The van der Waals surface area contributed by atoms with Crippen LogP contribution >= 0.6 is 0 Å². The Kier molecular flexibility index (Phi) is 14.2. The first-order chi connectivity index (χ1) is 16.2. The summed E-state index contributed by atoms with van der Waals surface area (Å²) in [6, 6.07) is -4.78. The fourth-order valence-corrected chi connectivity index (χ4v) is 3.16. The van der Waals surface area contributed by atoms with Gasteiger partial charge in [0.15, 0.2) is 0 Å². The lowest BCUT2D eigenvalue weighted by atomic mass is 9.97. The molecule has 0 rings (SSSR count). The highest BCUT2D eigenvalue weighted by Crippen LogP contribution is 2.11. The van der Waals surface area contributed by atoms with Gasteiger partial charge in [-0.2, -0.15) is 0 Å². The molecule has 5 atom stereocenters. The summed E-state index contributed by atoms with van der Waals surface area (Å²) in [4.78, 5) is 71.8. The van der Waals surface area contributed by atoms with E-state index < -0.39 is 66.2 Å². The summed E-state index contributed by atoms with van der Waals surface area (Å²) < 4.78 is 0. The van der Waals surface area contributed by atoms with E-state index in [0.717, 1.165) is 0 Å². The van der Waals surface area contributed by atoms with Crippen molar-refractivity contribution < 1.29 is 39.0 Å². The van der Waals surface area contributed by atoms with Crippen molar-refractivity contribution in [2.75, 3.05) is 0 Å². The Labute approximate surface area is 204 Å². The predicted molar refractivity (Wildman–Crippen MR) is 126 cm³/mol. The highest BCUT2D eigenvalue weighted by molar-refractivity contribution is 5.94. The molecular weight excluding hydrogens is 462 g/mol. The molecule has 0 saturated heterocycles. The first-order valence-electron chi connectivity index (χ1n) is 11.6. The third-order valence-electron chi connectivity index (χ3n) is 5.44. The fourth-order valence-electron chi connectivity index (χ4n) is 3.16. The number of hydrogen-bond donors (Lipinski definition) is 7. The van der Waals surface area contributed by atoms with E-state index in [0.29, 0.717) is 6.42 Å². The number of primary amides is 1. The molecule has 9 N–H and O–H groups in total. The Morgan fingerprint density at radius 1 is 0.800 bits per heavy atom. The zero-order valence-electron chi connectivity index (χ0n) is 20.7. The number of hydrogen-bond acceptors (Lipinski definition) is 7. The fraction of sp³-hybridized carbons (Fsp3) is 0.727. The van der Waals surface area contributed by atoms with E-state index in [1.807, 2.05) is 0 Å². The molecule has 13 nitrogen and oxygen atoms in total. The number of rotatable bonds is 17. The van der Waals surface area contributed by atoms with Crippen LogP contribution in [0.1, 0.15) is 66.2 Å². The number of carboxylic acid groups (broad SMARTS) is 2. The molecule has 0 fully saturated rings. The van der Waals surface area contributed by atoms with Gasteiger partial charge in [0.25, 0.3) is 0 Å². The molecule has 0 aromatic rings. The maximum absolute atomic E-state index is 13.0. The average Bonchev–Trinajstić information content (AvgIpc) is 2.76. The molecule has 0 aromatic heterocycles. The number of nitrogens with two attached hydrogens (primary N) is 2. The third-order valence-corrected chi connectivity index (χ3v) is 5.44. The Morgan fingerprint density at radius 2 is 1.34 bits per heavy atom. The number of carboxylic acids is 2. The molecule has 0 aliphatic rings. The van der Waals surface area contributed by atoms with Crippen LogP contribution in [0.15, 0.2) is 0 Å². The van der Waals surface area contributed by atoms with Crippen molar-refractivity contribution in [2.45, 2.75) is 90.4 Å². The van der Waals surface area contributed by atoms with Gasteiger partial charge in [-0.05, 0) is 31.1 Å². The van der Waals surface area contributed by atoms with Crippen molar-refractivity contribution in [3.05, 3.63) is 0 Å². The lowest BCUT2D eigenvalue weighted by molar-refractivity contribution is -0.144. The second-order valence-electron chi connectivity index (χ2n) is 9.01. The second kappa shape index (κ2) is 15.6. The van der Waals surface area contributed by atoms with E-state index in [1.165, 1.54) is 0 Å². The van der Waals surface area contributed by atoms with E-state index >= 15 is 0 Å². The number of amides is 4. The number of aliphatic carboxylic acids is 2. The quantitative estimate of drug-likeness (QED) is 0.130. The Balaban J connectivity index is 5.59. The topological polar surface area (TPSA) is 231 Å². The van der Waals surface area contributed by atoms with Gasteiger partial charge in [0.1, 0.15) is 18.1 Å². The zero-order valence-corrected chi connectivity index (χ0v) is 20.7. The van der Waals surface area contributed by atoms with Crippen LogP contribution in [-0.4, -0.2) is 69.9 Å². The maximum Gasteiger partial charge on any atom is 0.326 e. The SMILES string of the molecule is CCC(C)C(NC(=O)C(CC(C)C)NC(=O)C(CCC(=O)O)NC(=O)C(N)CCC(N)=O)C(=O)O. The second-order valence-corrected chi connectivity index (χ2v) is 9.01. The minimum Gasteiger partial charge on any atom is -0.481 e. The molecule has 0 radical (unpaired) electrons. The molecule has 200 valence electrons. The first-order valence-corrected chi connectivity index (χ1v) is 11.6. The van der Waals surface area contributed by atoms with Crippen molar-refractivity contribution in [3.8, 4) is 0 Å². The minimum absolute atomic E-state index is 0.0628. The first kappa shape index (κ1) is 31.8. The molecule has 0 heterocycles. The van der Waals surface area contributed by atoms with Gasteiger partial charge >= 0.3 is 11.9 Å². The van der Waals surface area contributed by atoms with Gasteiger partial charge in [-0.15, -0.1) is 0 Å². The molecule has 4 amide bonds. The summed E-state index contributed by atoms with van der Waals surface area (Å²) in [7, 11) is 0. The van der Waals surface area contributed by atoms with Crippen LogP contribution in [0.5, 0.6) is 0 Å². The van der Waals surface area contributed by atoms with Gasteiger partial charge < -0.3 is 37.6 Å². The lowest BCUT2D eigenvalue weighted by Crippen LogP contribution is -2.58. The molecule has 0 aliphatic heterocycles. The van der Waals surface area contributed by atoms with Gasteiger partial charge in [-0.25, -0.2) is 4.79 Å². The molecule has 0 aromatic carbocycles. The maximum atomic E-state index is 13.0. The molecule has 0 aliphatic carbocycles. The van der Waals surface area contributed by atoms with Crippen LogP contribution in [0, 0.1) is 11.8 Å². The summed E-state index contributed by atoms with van der Waals surface area (Å²) in [6.45, 7) is 7.06. The number of nitrogens with one attached hydrogen (secondary N) is 3. The van der Waals surface area contributed by atoms with E-state index in [-0.39, 0.29) is 37.5 Å². The lowest BCUT2D eigenvalue weighted by Gasteiger charge is -2.27. The number of carbonyl (C=O) groups is 6. The molecular formula is C22H39N5O8. The van der Waals surface area contributed by atoms with Gasteiger partial charge in [0, 0.05) is 12.8 Å². The molecule has 0 saturated carbocycles. The summed E-state index contributed by atoms with van der Waals surface area (Å²) in [6.07, 6.45) is -0.293. The molecule has 35 heavy (non-hydrogen) atoms. The highest BCUT2D eigenvalue weighted by Gasteiger charge is 2.32. The average molecular weight is 502 g/mol. The molecule has 5 unspecified atom stereocenters. The summed E-state index contributed by atoms with van der Waals surface area (Å²) in [5.74, 6) is -5.82. The monoisotopic (exact) mass is 501 g/mol. The van der Waals surface area contributed by atoms with E-state index in [2.05, 4.69) is 16.0 Å².